The molecule has 0 radical (unpaired) electrons. The van der Waals surface area contributed by atoms with Crippen LogP contribution >= 0.6 is 0 Å². The number of nitrogens with one attached hydrogen (secondary N) is 1. The van der Waals surface area contributed by atoms with Gasteiger partial charge in [-0.1, -0.05) is 37.3 Å². The third-order valence-electron chi connectivity index (χ3n) is 3.83. The molecule has 1 aliphatic rings. The zero-order valence-electron chi connectivity index (χ0n) is 12.2. The second-order valence-corrected chi connectivity index (χ2v) is 5.32. The number of piperidine rings is 1. The predicted molar refractivity (Wildman–Crippen MR) is 83.3 cm³/mol. The van der Waals surface area contributed by atoms with Crippen molar-refractivity contribution in [1.82, 2.24) is 10.2 Å². The van der Waals surface area contributed by atoms with Gasteiger partial charge >= 0.3 is 0 Å². The number of carbonyl (C=O) groups excluding carboxylic acids is 1. The third kappa shape index (κ3) is 4.49. The molecule has 1 amide bonds. The van der Waals surface area contributed by atoms with Crippen LogP contribution in [0.4, 0.5) is 0 Å². The van der Waals surface area contributed by atoms with E-state index in [-0.39, 0.29) is 5.91 Å². The van der Waals surface area contributed by atoms with Crippen LogP contribution < -0.4 is 5.32 Å². The summed E-state index contributed by atoms with van der Waals surface area (Å²) in [5.74, 6) is 0.854. The zero-order valence-corrected chi connectivity index (χ0v) is 12.2. The van der Waals surface area contributed by atoms with Crippen molar-refractivity contribution in [2.75, 3.05) is 26.2 Å². The van der Waals surface area contributed by atoms with Crippen molar-refractivity contribution in [2.45, 2.75) is 19.8 Å². The summed E-state index contributed by atoms with van der Waals surface area (Å²) in [6.07, 6.45) is 5.81. The Hall–Kier alpha value is -1.61. The molecule has 2 rings (SSSR count). The van der Waals surface area contributed by atoms with Gasteiger partial charge in [-0.25, -0.2) is 0 Å². The van der Waals surface area contributed by atoms with Crippen LogP contribution in [0, 0.1) is 5.92 Å². The first-order chi connectivity index (χ1) is 9.79. The number of hydrogen-bond acceptors (Lipinski definition) is 2. The minimum atomic E-state index is 0.135. The Bertz CT molecular complexity index is 434. The van der Waals surface area contributed by atoms with Crippen LogP contribution in [0.2, 0.25) is 0 Å². The van der Waals surface area contributed by atoms with Gasteiger partial charge in [-0.05, 0) is 43.5 Å². The highest BCUT2D eigenvalue weighted by Gasteiger charge is 2.20. The summed E-state index contributed by atoms with van der Waals surface area (Å²) in [5, 5.41) is 3.39. The normalized spacial score (nSPS) is 16.8. The number of nitrogens with zero attached hydrogens (tertiary/aromatic N) is 1. The summed E-state index contributed by atoms with van der Waals surface area (Å²) < 4.78 is 0. The molecule has 20 heavy (non-hydrogen) atoms. The molecule has 1 aromatic carbocycles. The van der Waals surface area contributed by atoms with Crippen molar-refractivity contribution in [3.63, 3.8) is 0 Å². The second kappa shape index (κ2) is 7.85. The van der Waals surface area contributed by atoms with Gasteiger partial charge in [0.25, 0.3) is 0 Å². The maximum atomic E-state index is 12.1. The molecule has 0 bridgehead atoms. The molecule has 0 aliphatic carbocycles. The molecule has 1 heterocycles. The molecule has 108 valence electrons. The first-order valence-corrected chi connectivity index (χ1v) is 7.52. The topological polar surface area (TPSA) is 32.3 Å². The lowest BCUT2D eigenvalue weighted by Gasteiger charge is -2.31. The van der Waals surface area contributed by atoms with E-state index in [2.05, 4.69) is 12.2 Å². The van der Waals surface area contributed by atoms with E-state index >= 15 is 0 Å². The molecular weight excluding hydrogens is 248 g/mol. The zero-order chi connectivity index (χ0) is 14.2. The van der Waals surface area contributed by atoms with E-state index in [1.165, 1.54) is 0 Å². The lowest BCUT2D eigenvalue weighted by atomic mass is 9.96. The summed E-state index contributed by atoms with van der Waals surface area (Å²) in [4.78, 5) is 14.1. The van der Waals surface area contributed by atoms with Gasteiger partial charge in [-0.2, -0.15) is 0 Å². The van der Waals surface area contributed by atoms with Gasteiger partial charge < -0.3 is 10.2 Å². The number of rotatable bonds is 5. The smallest absolute Gasteiger partial charge is 0.246 e. The fourth-order valence-corrected chi connectivity index (χ4v) is 2.54. The fourth-order valence-electron chi connectivity index (χ4n) is 2.54. The number of amides is 1. The third-order valence-corrected chi connectivity index (χ3v) is 3.83. The first kappa shape index (κ1) is 14.8. The van der Waals surface area contributed by atoms with Crippen LogP contribution in [0.5, 0.6) is 0 Å². The van der Waals surface area contributed by atoms with Gasteiger partial charge in [0.15, 0.2) is 0 Å². The van der Waals surface area contributed by atoms with Crippen LogP contribution in [-0.2, 0) is 4.79 Å². The standard InChI is InChI=1S/C17H24N2O/c1-2-18-14-16-10-12-19(13-11-16)17(20)9-8-15-6-4-3-5-7-15/h3-9,16,18H,2,10-14H2,1H3/b9-8+. The molecule has 1 fully saturated rings. The minimum Gasteiger partial charge on any atom is -0.339 e. The molecule has 0 aromatic heterocycles. The van der Waals surface area contributed by atoms with E-state index in [4.69, 9.17) is 0 Å². The minimum absolute atomic E-state index is 0.135. The maximum Gasteiger partial charge on any atom is 0.246 e. The highest BCUT2D eigenvalue weighted by Crippen LogP contribution is 2.16. The van der Waals surface area contributed by atoms with Crippen LogP contribution in [0.1, 0.15) is 25.3 Å². The Labute approximate surface area is 121 Å². The number of carbonyl (C=O) groups is 1. The molecule has 0 saturated carbocycles. The van der Waals surface area contributed by atoms with Gasteiger partial charge in [0.1, 0.15) is 0 Å². The van der Waals surface area contributed by atoms with Crippen molar-refractivity contribution in [2.24, 2.45) is 5.92 Å². The molecule has 0 spiro atoms. The lowest BCUT2D eigenvalue weighted by Crippen LogP contribution is -2.40. The largest absolute Gasteiger partial charge is 0.339 e. The summed E-state index contributed by atoms with van der Waals surface area (Å²) in [6.45, 7) is 6.01. The Kier molecular flexibility index (Phi) is 5.81. The van der Waals surface area contributed by atoms with Crippen molar-refractivity contribution in [3.05, 3.63) is 42.0 Å². The highest BCUT2D eigenvalue weighted by atomic mass is 16.2. The molecule has 1 aliphatic heterocycles. The molecule has 0 unspecified atom stereocenters. The average Bonchev–Trinajstić information content (AvgIpc) is 2.52. The number of benzene rings is 1. The van der Waals surface area contributed by atoms with Crippen LogP contribution in [0.15, 0.2) is 36.4 Å². The van der Waals surface area contributed by atoms with Crippen molar-refractivity contribution < 1.29 is 4.79 Å². The van der Waals surface area contributed by atoms with E-state index in [1.54, 1.807) is 6.08 Å². The summed E-state index contributed by atoms with van der Waals surface area (Å²) in [6, 6.07) is 9.96. The van der Waals surface area contributed by atoms with Crippen molar-refractivity contribution in [1.29, 1.82) is 0 Å². The number of hydrogen-bond donors (Lipinski definition) is 1. The van der Waals surface area contributed by atoms with E-state index in [0.29, 0.717) is 0 Å². The molecule has 1 saturated heterocycles. The quantitative estimate of drug-likeness (QED) is 0.836. The van der Waals surface area contributed by atoms with Crippen LogP contribution in [0.25, 0.3) is 6.08 Å². The SMILES string of the molecule is CCNCC1CCN(C(=O)/C=C/c2ccccc2)CC1. The van der Waals surface area contributed by atoms with Gasteiger partial charge in [0.05, 0.1) is 0 Å². The van der Waals surface area contributed by atoms with E-state index in [0.717, 1.165) is 50.5 Å². The lowest BCUT2D eigenvalue weighted by molar-refractivity contribution is -0.127. The molecular formula is C17H24N2O. The van der Waals surface area contributed by atoms with Gasteiger partial charge in [-0.3, -0.25) is 4.79 Å². The summed E-state index contributed by atoms with van der Waals surface area (Å²) in [7, 11) is 0. The van der Waals surface area contributed by atoms with Gasteiger partial charge in [-0.15, -0.1) is 0 Å². The average molecular weight is 272 g/mol. The summed E-state index contributed by atoms with van der Waals surface area (Å²) >= 11 is 0. The fraction of sp³-hybridized carbons (Fsp3) is 0.471. The number of likely N-dealkylation sites (tertiary alicyclic amines) is 1. The maximum absolute atomic E-state index is 12.1. The Morgan fingerprint density at radius 3 is 2.65 bits per heavy atom. The van der Waals surface area contributed by atoms with Crippen LogP contribution in [-0.4, -0.2) is 37.0 Å². The molecule has 3 heteroatoms. The van der Waals surface area contributed by atoms with E-state index in [9.17, 15) is 4.79 Å². The Balaban J connectivity index is 1.79. The van der Waals surface area contributed by atoms with E-state index in [1.807, 2.05) is 41.3 Å². The first-order valence-electron chi connectivity index (χ1n) is 7.52. The molecule has 1 N–H and O–H groups in total. The summed E-state index contributed by atoms with van der Waals surface area (Å²) in [5.41, 5.74) is 1.07. The van der Waals surface area contributed by atoms with Crippen molar-refractivity contribution in [3.8, 4) is 0 Å². The highest BCUT2D eigenvalue weighted by molar-refractivity contribution is 5.91. The monoisotopic (exact) mass is 272 g/mol. The van der Waals surface area contributed by atoms with Crippen molar-refractivity contribution >= 4 is 12.0 Å². The van der Waals surface area contributed by atoms with Gasteiger partial charge in [0.2, 0.25) is 5.91 Å². The van der Waals surface area contributed by atoms with Gasteiger partial charge in [0, 0.05) is 19.2 Å². The Morgan fingerprint density at radius 2 is 2.00 bits per heavy atom. The molecule has 3 nitrogen and oxygen atoms in total. The second-order valence-electron chi connectivity index (χ2n) is 5.32. The van der Waals surface area contributed by atoms with Crippen LogP contribution in [0.3, 0.4) is 0 Å². The molecule has 0 atom stereocenters. The predicted octanol–water partition coefficient (Wildman–Crippen LogP) is 2.55. The molecule has 1 aromatic rings. The van der Waals surface area contributed by atoms with E-state index < -0.39 is 0 Å². The Morgan fingerprint density at radius 1 is 1.30 bits per heavy atom.